The Kier molecular flexibility index (Phi) is 6.27. The number of carbonyl (C=O) groups is 2. The van der Waals surface area contributed by atoms with Crippen LogP contribution >= 0.6 is 0 Å². The molecule has 5 rings (SSSR count). The Balaban J connectivity index is 1.48. The summed E-state index contributed by atoms with van der Waals surface area (Å²) in [4.78, 5) is 30.0. The average Bonchev–Trinajstić information content (AvgIpc) is 3.51. The van der Waals surface area contributed by atoms with Crippen molar-refractivity contribution in [2.45, 2.75) is 19.0 Å². The summed E-state index contributed by atoms with van der Waals surface area (Å²) >= 11 is 0. The molecule has 0 saturated heterocycles. The van der Waals surface area contributed by atoms with Crippen LogP contribution in [0.3, 0.4) is 0 Å². The molecule has 180 valence electrons. The fraction of sp³-hybridized carbons (Fsp3) is 0.111. The van der Waals surface area contributed by atoms with E-state index >= 15 is 0 Å². The van der Waals surface area contributed by atoms with Crippen molar-refractivity contribution < 1.29 is 14.0 Å². The highest BCUT2D eigenvalue weighted by Crippen LogP contribution is 2.29. The van der Waals surface area contributed by atoms with Crippen LogP contribution in [0.5, 0.6) is 0 Å². The molecule has 3 aromatic carbocycles. The lowest BCUT2D eigenvalue weighted by atomic mass is 10.1. The number of rotatable bonds is 7. The van der Waals surface area contributed by atoms with Gasteiger partial charge in [-0.2, -0.15) is 5.10 Å². The molecule has 9 heteroatoms. The van der Waals surface area contributed by atoms with Gasteiger partial charge >= 0.3 is 0 Å². The predicted molar refractivity (Wildman–Crippen MR) is 136 cm³/mol. The van der Waals surface area contributed by atoms with Crippen molar-refractivity contribution in [1.82, 2.24) is 9.55 Å². The van der Waals surface area contributed by atoms with E-state index in [-0.39, 0.29) is 17.9 Å². The van der Waals surface area contributed by atoms with E-state index < -0.39 is 17.9 Å². The second-order valence-corrected chi connectivity index (χ2v) is 8.37. The molecule has 4 aromatic rings. The second kappa shape index (κ2) is 9.83. The second-order valence-electron chi connectivity index (χ2n) is 8.37. The van der Waals surface area contributed by atoms with Gasteiger partial charge < -0.3 is 15.6 Å². The van der Waals surface area contributed by atoms with Crippen molar-refractivity contribution in [3.63, 3.8) is 0 Å². The first-order valence-electron chi connectivity index (χ1n) is 11.4. The molecule has 1 aromatic heterocycles. The number of nitrogens with two attached hydrogens (primary N) is 1. The molecule has 2 heterocycles. The van der Waals surface area contributed by atoms with E-state index in [0.29, 0.717) is 29.3 Å². The largest absolute Gasteiger partial charge is 0.368 e. The summed E-state index contributed by atoms with van der Waals surface area (Å²) in [7, 11) is 0. The van der Waals surface area contributed by atoms with Crippen LogP contribution in [0.4, 0.5) is 15.9 Å². The van der Waals surface area contributed by atoms with Crippen molar-refractivity contribution in [1.29, 1.82) is 0 Å². The average molecular weight is 483 g/mol. The third-order valence-electron chi connectivity index (χ3n) is 5.90. The number of nitrogens with zero attached hydrogens (tertiary/aromatic N) is 4. The Morgan fingerprint density at radius 2 is 1.64 bits per heavy atom. The minimum atomic E-state index is -0.779. The summed E-state index contributed by atoms with van der Waals surface area (Å²) in [6, 6.07) is 23.9. The van der Waals surface area contributed by atoms with Crippen LogP contribution in [0.25, 0.3) is 11.3 Å². The standard InChI is InChI=1S/C27H23FN6O2/c28-20-13-11-19(12-14-20)24-26(33(17-30-24)16-18-7-3-1-4-8-18)31-27(36)22-15-23(25(29)35)34(32-22)21-9-5-2-6-10-21/h1-14,17,23H,15-16H2,(H2,29,35)(H,31,36). The van der Waals surface area contributed by atoms with Gasteiger partial charge in [0.1, 0.15) is 29.1 Å². The molecule has 0 saturated carbocycles. The molecule has 0 fully saturated rings. The number of anilines is 2. The zero-order valence-electron chi connectivity index (χ0n) is 19.2. The Morgan fingerprint density at radius 3 is 2.31 bits per heavy atom. The number of hydrogen-bond donors (Lipinski definition) is 2. The molecule has 3 N–H and O–H groups in total. The highest BCUT2D eigenvalue weighted by molar-refractivity contribution is 6.44. The van der Waals surface area contributed by atoms with Crippen LogP contribution in [0.2, 0.25) is 0 Å². The number of amides is 2. The van der Waals surface area contributed by atoms with E-state index in [0.717, 1.165) is 5.56 Å². The summed E-state index contributed by atoms with van der Waals surface area (Å²) in [5.41, 5.74) is 8.59. The number of para-hydroxylation sites is 1. The maximum absolute atomic E-state index is 13.5. The Morgan fingerprint density at radius 1 is 0.972 bits per heavy atom. The molecule has 1 aliphatic heterocycles. The number of hydrogen-bond acceptors (Lipinski definition) is 5. The lowest BCUT2D eigenvalue weighted by molar-refractivity contribution is -0.119. The van der Waals surface area contributed by atoms with Gasteiger partial charge in [-0.05, 0) is 42.0 Å². The zero-order valence-corrected chi connectivity index (χ0v) is 19.2. The number of primary amides is 1. The zero-order chi connectivity index (χ0) is 25.1. The molecule has 0 radical (unpaired) electrons. The third kappa shape index (κ3) is 4.72. The summed E-state index contributed by atoms with van der Waals surface area (Å²) in [5, 5.41) is 8.82. The predicted octanol–water partition coefficient (Wildman–Crippen LogP) is 3.80. The quantitative estimate of drug-likeness (QED) is 0.418. The molecule has 1 atom stereocenters. The summed E-state index contributed by atoms with van der Waals surface area (Å²) < 4.78 is 15.3. The van der Waals surface area contributed by atoms with Gasteiger partial charge in [0.2, 0.25) is 5.91 Å². The van der Waals surface area contributed by atoms with Gasteiger partial charge in [0.15, 0.2) is 0 Å². The third-order valence-corrected chi connectivity index (χ3v) is 5.90. The van der Waals surface area contributed by atoms with Crippen molar-refractivity contribution in [3.8, 4) is 11.3 Å². The lowest BCUT2D eigenvalue weighted by Crippen LogP contribution is -2.39. The van der Waals surface area contributed by atoms with E-state index in [9.17, 15) is 14.0 Å². The fourth-order valence-corrected chi connectivity index (χ4v) is 4.10. The fourth-order valence-electron chi connectivity index (χ4n) is 4.10. The Labute approximate surface area is 206 Å². The number of halogens is 1. The van der Waals surface area contributed by atoms with Crippen LogP contribution in [0.15, 0.2) is 96.4 Å². The molecule has 1 unspecified atom stereocenters. The van der Waals surface area contributed by atoms with E-state index in [2.05, 4.69) is 15.4 Å². The molecular formula is C27H23FN6O2. The number of imidazole rings is 1. The maximum atomic E-state index is 13.5. The van der Waals surface area contributed by atoms with Crippen molar-refractivity contribution in [2.75, 3.05) is 10.3 Å². The Hall–Kier alpha value is -4.79. The van der Waals surface area contributed by atoms with Gasteiger partial charge in [-0.3, -0.25) is 14.6 Å². The number of hydrazone groups is 1. The number of benzene rings is 3. The molecule has 0 bridgehead atoms. The van der Waals surface area contributed by atoms with Crippen molar-refractivity contribution >= 4 is 29.0 Å². The van der Waals surface area contributed by atoms with E-state index in [4.69, 9.17) is 5.73 Å². The minimum Gasteiger partial charge on any atom is -0.368 e. The van der Waals surface area contributed by atoms with Gasteiger partial charge in [0, 0.05) is 12.0 Å². The monoisotopic (exact) mass is 482 g/mol. The first kappa shape index (κ1) is 23.0. The smallest absolute Gasteiger partial charge is 0.273 e. The summed E-state index contributed by atoms with van der Waals surface area (Å²) in [5.74, 6) is -0.983. The van der Waals surface area contributed by atoms with E-state index in [1.807, 2.05) is 53.1 Å². The van der Waals surface area contributed by atoms with Gasteiger partial charge in [-0.25, -0.2) is 9.37 Å². The number of aromatic nitrogens is 2. The molecule has 1 aliphatic rings. The summed E-state index contributed by atoms with van der Waals surface area (Å²) in [6.07, 6.45) is 1.69. The van der Waals surface area contributed by atoms with Gasteiger partial charge in [0.05, 0.1) is 18.6 Å². The number of carbonyl (C=O) groups excluding carboxylic acids is 2. The molecule has 8 nitrogen and oxygen atoms in total. The molecule has 0 aliphatic carbocycles. The summed E-state index contributed by atoms with van der Waals surface area (Å²) in [6.45, 7) is 0.456. The minimum absolute atomic E-state index is 0.0643. The Bertz CT molecular complexity index is 1420. The van der Waals surface area contributed by atoms with Gasteiger partial charge in [0.25, 0.3) is 5.91 Å². The van der Waals surface area contributed by atoms with Gasteiger partial charge in [-0.1, -0.05) is 48.5 Å². The van der Waals surface area contributed by atoms with Crippen molar-refractivity contribution in [2.24, 2.45) is 10.8 Å². The highest BCUT2D eigenvalue weighted by Gasteiger charge is 2.35. The molecule has 36 heavy (non-hydrogen) atoms. The van der Waals surface area contributed by atoms with Crippen LogP contribution < -0.4 is 16.1 Å². The van der Waals surface area contributed by atoms with Gasteiger partial charge in [-0.15, -0.1) is 0 Å². The first-order chi connectivity index (χ1) is 17.5. The highest BCUT2D eigenvalue weighted by atomic mass is 19.1. The van der Waals surface area contributed by atoms with E-state index in [1.54, 1.807) is 30.6 Å². The van der Waals surface area contributed by atoms with Crippen LogP contribution in [-0.4, -0.2) is 33.1 Å². The SMILES string of the molecule is NC(=O)C1CC(C(=O)Nc2c(-c3ccc(F)cc3)ncn2Cc2ccccc2)=NN1c1ccccc1. The normalized spacial score (nSPS) is 15.0. The first-order valence-corrected chi connectivity index (χ1v) is 11.4. The maximum Gasteiger partial charge on any atom is 0.273 e. The van der Waals surface area contributed by atoms with E-state index in [1.165, 1.54) is 17.1 Å². The number of nitrogens with one attached hydrogen (secondary N) is 1. The lowest BCUT2D eigenvalue weighted by Gasteiger charge is -2.20. The van der Waals surface area contributed by atoms with Crippen molar-refractivity contribution in [3.05, 3.63) is 103 Å². The van der Waals surface area contributed by atoms with Crippen LogP contribution in [-0.2, 0) is 16.1 Å². The molecule has 0 spiro atoms. The van der Waals surface area contributed by atoms with Crippen LogP contribution in [0, 0.1) is 5.82 Å². The molecule has 2 amide bonds. The van der Waals surface area contributed by atoms with Crippen LogP contribution in [0.1, 0.15) is 12.0 Å². The molecular weight excluding hydrogens is 459 g/mol. The topological polar surface area (TPSA) is 106 Å².